The van der Waals surface area contributed by atoms with E-state index in [0.717, 1.165) is 31.8 Å². The fourth-order valence-corrected chi connectivity index (χ4v) is 5.97. The number of thiophene rings is 1. The van der Waals surface area contributed by atoms with Crippen molar-refractivity contribution in [2.24, 2.45) is 0 Å². The van der Waals surface area contributed by atoms with Gasteiger partial charge in [0, 0.05) is 27.8 Å². The highest BCUT2D eigenvalue weighted by molar-refractivity contribution is 7.19. The number of aromatic nitrogens is 2. The van der Waals surface area contributed by atoms with Gasteiger partial charge in [0.1, 0.15) is 17.0 Å². The van der Waals surface area contributed by atoms with E-state index >= 15 is 0 Å². The van der Waals surface area contributed by atoms with Gasteiger partial charge in [-0.05, 0) is 82.8 Å². The molecule has 5 rings (SSSR count). The summed E-state index contributed by atoms with van der Waals surface area (Å²) in [7, 11) is 0. The summed E-state index contributed by atoms with van der Waals surface area (Å²) < 4.78 is 18.6. The molecule has 1 saturated heterocycles. The van der Waals surface area contributed by atoms with Gasteiger partial charge in [0.05, 0.1) is 23.0 Å². The lowest BCUT2D eigenvalue weighted by Crippen LogP contribution is -2.28. The van der Waals surface area contributed by atoms with E-state index in [9.17, 15) is 4.79 Å². The molecular weight excluding hydrogens is 534 g/mol. The van der Waals surface area contributed by atoms with Crippen LogP contribution in [0.1, 0.15) is 57.7 Å². The third-order valence-corrected chi connectivity index (χ3v) is 7.83. The van der Waals surface area contributed by atoms with Gasteiger partial charge in [0.2, 0.25) is 0 Å². The lowest BCUT2D eigenvalue weighted by molar-refractivity contribution is -0.159. The maximum absolute atomic E-state index is 12.2. The van der Waals surface area contributed by atoms with Crippen LogP contribution in [-0.4, -0.2) is 34.1 Å². The van der Waals surface area contributed by atoms with E-state index in [2.05, 4.69) is 34.6 Å². The molecule has 0 bridgehead atoms. The van der Waals surface area contributed by atoms with Crippen LogP contribution in [0.3, 0.4) is 0 Å². The highest BCUT2D eigenvalue weighted by Gasteiger charge is 2.43. The van der Waals surface area contributed by atoms with E-state index in [4.69, 9.17) is 30.8 Å². The number of pyridine rings is 2. The summed E-state index contributed by atoms with van der Waals surface area (Å²) in [5.41, 5.74) is 2.47. The van der Waals surface area contributed by atoms with E-state index in [-0.39, 0.29) is 0 Å². The number of hydrogen-bond donors (Lipinski definition) is 1. The Bertz CT molecular complexity index is 1540. The average Bonchev–Trinajstić information content (AvgIpc) is 3.39. The Hall–Kier alpha value is -3.04. The molecule has 4 heterocycles. The minimum Gasteiger partial charge on any atom is -0.444 e. The molecule has 1 amide bonds. The second kappa shape index (κ2) is 10.2. The van der Waals surface area contributed by atoms with Crippen molar-refractivity contribution in [2.45, 2.75) is 65.0 Å². The van der Waals surface area contributed by atoms with Crippen molar-refractivity contribution in [3.63, 3.8) is 0 Å². The smallest absolute Gasteiger partial charge is 0.413 e. The number of hydrogen-bond acceptors (Lipinski definition) is 7. The van der Waals surface area contributed by atoms with E-state index < -0.39 is 23.1 Å². The number of carbonyl (C=O) groups excluding carboxylic acids is 1. The molecule has 0 saturated carbocycles. The number of anilines is 1. The molecule has 39 heavy (non-hydrogen) atoms. The highest BCUT2D eigenvalue weighted by Crippen LogP contribution is 2.41. The van der Waals surface area contributed by atoms with Crippen LogP contribution in [0.4, 0.5) is 10.6 Å². The fourth-order valence-electron chi connectivity index (χ4n) is 4.62. The number of fused-ring (bicyclic) bond motifs is 1. The number of halogens is 1. The zero-order chi connectivity index (χ0) is 28.0. The van der Waals surface area contributed by atoms with Crippen molar-refractivity contribution in [2.75, 3.05) is 11.9 Å². The summed E-state index contributed by atoms with van der Waals surface area (Å²) >= 11 is 8.17. The van der Waals surface area contributed by atoms with E-state index in [1.54, 1.807) is 23.5 Å². The molecule has 9 heteroatoms. The average molecular weight is 566 g/mol. The predicted octanol–water partition coefficient (Wildman–Crippen LogP) is 7.95. The second-order valence-corrected chi connectivity index (χ2v) is 12.9. The third kappa shape index (κ3) is 6.25. The van der Waals surface area contributed by atoms with Gasteiger partial charge in [-0.2, -0.15) is 0 Å². The first-order valence-corrected chi connectivity index (χ1v) is 14.0. The molecule has 1 aliphatic rings. The molecule has 204 valence electrons. The van der Waals surface area contributed by atoms with Crippen molar-refractivity contribution < 1.29 is 19.0 Å². The van der Waals surface area contributed by atoms with Gasteiger partial charge in [-0.1, -0.05) is 29.8 Å². The Kier molecular flexibility index (Phi) is 7.18. The Balaban J connectivity index is 1.42. The van der Waals surface area contributed by atoms with Crippen molar-refractivity contribution >= 4 is 44.9 Å². The molecule has 0 spiro atoms. The fraction of sp³-hybridized carbons (Fsp3) is 0.367. The molecule has 1 atom stereocenters. The number of nitrogens with one attached hydrogen (secondary N) is 1. The quantitative estimate of drug-likeness (QED) is 0.264. The lowest BCUT2D eigenvalue weighted by Gasteiger charge is -2.25. The number of carbonyl (C=O) groups is 1. The summed E-state index contributed by atoms with van der Waals surface area (Å²) in [4.78, 5) is 22.6. The van der Waals surface area contributed by atoms with Gasteiger partial charge >= 0.3 is 6.09 Å². The largest absolute Gasteiger partial charge is 0.444 e. The normalized spacial score (nSPS) is 18.8. The van der Waals surface area contributed by atoms with Crippen molar-refractivity contribution in [1.29, 1.82) is 0 Å². The van der Waals surface area contributed by atoms with Crippen molar-refractivity contribution in [1.82, 2.24) is 9.97 Å². The number of rotatable bonds is 5. The maximum atomic E-state index is 12.2. The number of amides is 1. The molecule has 1 aliphatic heterocycles. The zero-order valence-corrected chi connectivity index (χ0v) is 24.5. The first-order chi connectivity index (χ1) is 18.3. The Morgan fingerprint density at radius 3 is 2.67 bits per heavy atom. The molecule has 1 N–H and O–H groups in total. The Morgan fingerprint density at radius 1 is 1.15 bits per heavy atom. The number of ether oxygens (including phenoxy) is 3. The van der Waals surface area contributed by atoms with Crippen LogP contribution >= 0.6 is 22.9 Å². The van der Waals surface area contributed by atoms with Gasteiger partial charge in [-0.25, -0.2) is 9.78 Å². The SMILES string of the molecule is CC(C)(C)OC(=O)Nc1ccc(Cl)c(Cc2cc3cccc(-c4cc([C@@]5(C)COC(C)(C)O5)ccn4)c3s2)n1. The van der Waals surface area contributed by atoms with Crippen LogP contribution in [0.25, 0.3) is 21.3 Å². The maximum Gasteiger partial charge on any atom is 0.413 e. The van der Waals surface area contributed by atoms with Gasteiger partial charge in [-0.3, -0.25) is 10.3 Å². The molecule has 4 aromatic rings. The van der Waals surface area contributed by atoms with E-state index in [0.29, 0.717) is 29.6 Å². The number of benzene rings is 1. The molecule has 7 nitrogen and oxygen atoms in total. The minimum absolute atomic E-state index is 0.390. The molecule has 0 aliphatic carbocycles. The first kappa shape index (κ1) is 27.5. The van der Waals surface area contributed by atoms with Gasteiger partial charge < -0.3 is 14.2 Å². The van der Waals surface area contributed by atoms with Crippen LogP contribution in [0.15, 0.2) is 54.7 Å². The van der Waals surface area contributed by atoms with E-state index in [1.807, 2.05) is 59.9 Å². The number of nitrogens with zero attached hydrogens (tertiary/aromatic N) is 2. The first-order valence-electron chi connectivity index (χ1n) is 12.8. The molecule has 0 radical (unpaired) electrons. The summed E-state index contributed by atoms with van der Waals surface area (Å²) in [6.45, 7) is 11.8. The predicted molar refractivity (Wildman–Crippen MR) is 155 cm³/mol. The van der Waals surface area contributed by atoms with Crippen LogP contribution in [0, 0.1) is 0 Å². The zero-order valence-electron chi connectivity index (χ0n) is 22.9. The highest BCUT2D eigenvalue weighted by atomic mass is 35.5. The topological polar surface area (TPSA) is 82.6 Å². The van der Waals surface area contributed by atoms with Crippen molar-refractivity contribution in [3.8, 4) is 11.3 Å². The van der Waals surface area contributed by atoms with Gasteiger partial charge in [0.15, 0.2) is 5.79 Å². The Morgan fingerprint density at radius 2 is 1.95 bits per heavy atom. The molecule has 0 unspecified atom stereocenters. The Labute approximate surface area is 237 Å². The lowest BCUT2D eigenvalue weighted by atomic mass is 9.96. The summed E-state index contributed by atoms with van der Waals surface area (Å²) in [6.07, 6.45) is 1.79. The van der Waals surface area contributed by atoms with E-state index in [1.165, 1.54) is 0 Å². The monoisotopic (exact) mass is 565 g/mol. The summed E-state index contributed by atoms with van der Waals surface area (Å²) in [5, 5.41) is 4.34. The van der Waals surface area contributed by atoms with Gasteiger partial charge in [-0.15, -0.1) is 11.3 Å². The molecule has 1 aromatic carbocycles. The van der Waals surface area contributed by atoms with Crippen molar-refractivity contribution in [3.05, 3.63) is 75.9 Å². The molecule has 1 fully saturated rings. The van der Waals surface area contributed by atoms with Crippen LogP contribution in [-0.2, 0) is 26.2 Å². The van der Waals surface area contributed by atoms with Crippen LogP contribution < -0.4 is 5.32 Å². The standard InChI is InChI=1S/C30H32ClN3O4S/c1-28(2,3)37-27(35)34-25-11-10-22(31)24(33-25)16-20-14-18-8-7-9-21(26(18)39-20)23-15-19(12-13-32-23)30(6)17-36-29(4,5)38-30/h7-15H,16-17H2,1-6H3,(H,33,34,35)/t30-/m1/s1. The molecular formula is C30H32ClN3O4S. The van der Waals surface area contributed by atoms with Crippen LogP contribution in [0.2, 0.25) is 5.02 Å². The van der Waals surface area contributed by atoms with Crippen LogP contribution in [0.5, 0.6) is 0 Å². The summed E-state index contributed by atoms with van der Waals surface area (Å²) in [5.74, 6) is -0.239. The van der Waals surface area contributed by atoms with Gasteiger partial charge in [0.25, 0.3) is 0 Å². The third-order valence-electron chi connectivity index (χ3n) is 6.30. The second-order valence-electron chi connectivity index (χ2n) is 11.3. The minimum atomic E-state index is -0.629. The molecule has 3 aromatic heterocycles. The summed E-state index contributed by atoms with van der Waals surface area (Å²) in [6, 6.07) is 15.8.